The second kappa shape index (κ2) is 7.96. The van der Waals surface area contributed by atoms with Gasteiger partial charge in [0, 0.05) is 0 Å². The van der Waals surface area contributed by atoms with Crippen LogP contribution in [0.3, 0.4) is 0 Å². The smallest absolute Gasteiger partial charge is 0.779 e. The van der Waals surface area contributed by atoms with Crippen molar-refractivity contribution in [2.24, 2.45) is 0 Å². The van der Waals surface area contributed by atoms with Crippen LogP contribution < -0.4 is 0 Å². The fourth-order valence-corrected chi connectivity index (χ4v) is 4.48. The zero-order valence-electron chi connectivity index (χ0n) is 16.3. The molecule has 0 bridgehead atoms. The third-order valence-electron chi connectivity index (χ3n) is 4.91. The molecular weight excluding hydrogens is 384 g/mol. The van der Waals surface area contributed by atoms with E-state index in [2.05, 4.69) is 84.0 Å². The predicted octanol–water partition coefficient (Wildman–Crippen LogP) is 6.77. The van der Waals surface area contributed by atoms with Crippen LogP contribution in [-0.4, -0.2) is 0 Å². The predicted molar refractivity (Wildman–Crippen MR) is 111 cm³/mol. The second-order valence-electron chi connectivity index (χ2n) is 7.23. The molecule has 0 aromatic heterocycles. The van der Waals surface area contributed by atoms with Crippen molar-refractivity contribution in [3.8, 4) is 22.3 Å². The van der Waals surface area contributed by atoms with E-state index >= 15 is 0 Å². The Labute approximate surface area is 173 Å². The van der Waals surface area contributed by atoms with E-state index in [0.29, 0.717) is 0 Å². The normalized spacial score (nSPS) is 10.5. The SMILES string of the molecule is Cc1cc(C)c(-c2cccc(-c3c(C)cc(C)cc3C)c2[S-])c(C)c1.[Cu+]. The van der Waals surface area contributed by atoms with Gasteiger partial charge in [-0.1, -0.05) is 53.6 Å². The molecular formula is C24H25CuS. The van der Waals surface area contributed by atoms with Gasteiger partial charge in [0.05, 0.1) is 0 Å². The summed E-state index contributed by atoms with van der Waals surface area (Å²) in [7, 11) is 0. The number of hydrogen-bond acceptors (Lipinski definition) is 1. The van der Waals surface area contributed by atoms with Crippen molar-refractivity contribution >= 4 is 12.6 Å². The van der Waals surface area contributed by atoms with Crippen molar-refractivity contribution < 1.29 is 17.1 Å². The third kappa shape index (κ3) is 3.74. The molecule has 0 aliphatic heterocycles. The molecule has 0 atom stereocenters. The average Bonchev–Trinajstić information content (AvgIpc) is 2.48. The van der Waals surface area contributed by atoms with Crippen molar-refractivity contribution in [3.05, 3.63) is 75.8 Å². The first-order chi connectivity index (χ1) is 11.8. The van der Waals surface area contributed by atoms with Gasteiger partial charge in [0.15, 0.2) is 0 Å². The standard InChI is InChI=1S/C24H26S.Cu/c1-14-10-16(3)22(17(4)11-14)20-8-7-9-21(24(20)25)23-18(5)12-15(2)13-19(23)6;/h7-13,25H,1-6H3;/q;+1/p-1. The van der Waals surface area contributed by atoms with Crippen molar-refractivity contribution in [2.75, 3.05) is 0 Å². The first kappa shape index (κ1) is 20.7. The van der Waals surface area contributed by atoms with Gasteiger partial charge in [-0.25, -0.2) is 0 Å². The van der Waals surface area contributed by atoms with E-state index in [4.69, 9.17) is 12.6 Å². The summed E-state index contributed by atoms with van der Waals surface area (Å²) in [6.07, 6.45) is 0. The van der Waals surface area contributed by atoms with E-state index in [-0.39, 0.29) is 17.1 Å². The minimum Gasteiger partial charge on any atom is -0.779 e. The molecule has 0 saturated carbocycles. The Hall–Kier alpha value is -1.60. The van der Waals surface area contributed by atoms with Gasteiger partial charge in [0.1, 0.15) is 0 Å². The van der Waals surface area contributed by atoms with Gasteiger partial charge >= 0.3 is 17.1 Å². The topological polar surface area (TPSA) is 0 Å². The summed E-state index contributed by atoms with van der Waals surface area (Å²) in [5.41, 5.74) is 12.6. The third-order valence-corrected chi connectivity index (χ3v) is 5.35. The molecule has 0 unspecified atom stereocenters. The first-order valence-electron chi connectivity index (χ1n) is 8.76. The second-order valence-corrected chi connectivity index (χ2v) is 7.64. The number of hydrogen-bond donors (Lipinski definition) is 0. The van der Waals surface area contributed by atoms with Crippen molar-refractivity contribution in [1.82, 2.24) is 0 Å². The molecule has 0 saturated heterocycles. The van der Waals surface area contributed by atoms with Gasteiger partial charge in [-0.2, -0.15) is 4.90 Å². The van der Waals surface area contributed by atoms with Crippen molar-refractivity contribution in [3.63, 3.8) is 0 Å². The fraction of sp³-hybridized carbons (Fsp3) is 0.250. The molecule has 0 amide bonds. The quantitative estimate of drug-likeness (QED) is 0.333. The Morgan fingerprint density at radius 3 is 1.19 bits per heavy atom. The molecule has 0 N–H and O–H groups in total. The van der Waals surface area contributed by atoms with Crippen molar-refractivity contribution in [2.45, 2.75) is 46.4 Å². The molecule has 0 spiro atoms. The summed E-state index contributed by atoms with van der Waals surface area (Å²) in [5.74, 6) is 0. The van der Waals surface area contributed by atoms with Crippen LogP contribution >= 0.6 is 0 Å². The van der Waals surface area contributed by atoms with Crippen LogP contribution in [0, 0.1) is 41.5 Å². The Morgan fingerprint density at radius 1 is 0.577 bits per heavy atom. The van der Waals surface area contributed by atoms with Crippen LogP contribution in [-0.2, 0) is 29.7 Å². The van der Waals surface area contributed by atoms with Crippen LogP contribution in [0.4, 0.5) is 0 Å². The molecule has 0 radical (unpaired) electrons. The molecule has 0 heterocycles. The Morgan fingerprint density at radius 2 is 0.885 bits per heavy atom. The van der Waals surface area contributed by atoms with E-state index in [1.807, 2.05) is 0 Å². The molecule has 26 heavy (non-hydrogen) atoms. The summed E-state index contributed by atoms with van der Waals surface area (Å²) in [6.45, 7) is 13.0. The van der Waals surface area contributed by atoms with Gasteiger partial charge in [-0.05, 0) is 86.1 Å². The van der Waals surface area contributed by atoms with Crippen LogP contribution in [0.5, 0.6) is 0 Å². The molecule has 2 heteroatoms. The van der Waals surface area contributed by atoms with Gasteiger partial charge in [-0.3, -0.25) is 0 Å². The maximum Gasteiger partial charge on any atom is 1.00 e. The van der Waals surface area contributed by atoms with Gasteiger partial charge in [0.25, 0.3) is 0 Å². The van der Waals surface area contributed by atoms with Gasteiger partial charge in [0.2, 0.25) is 0 Å². The van der Waals surface area contributed by atoms with Crippen LogP contribution in [0.2, 0.25) is 0 Å². The van der Waals surface area contributed by atoms with Gasteiger partial charge in [-0.15, -0.1) is 0 Å². The first-order valence-corrected chi connectivity index (χ1v) is 9.17. The van der Waals surface area contributed by atoms with Crippen LogP contribution in [0.1, 0.15) is 33.4 Å². The molecule has 0 fully saturated rings. The molecule has 0 nitrogen and oxygen atoms in total. The van der Waals surface area contributed by atoms with E-state index in [1.165, 1.54) is 55.6 Å². The Kier molecular flexibility index (Phi) is 6.34. The van der Waals surface area contributed by atoms with E-state index in [0.717, 1.165) is 4.90 Å². The number of benzene rings is 3. The average molecular weight is 409 g/mol. The monoisotopic (exact) mass is 408 g/mol. The van der Waals surface area contributed by atoms with Gasteiger partial charge < -0.3 is 12.6 Å². The molecule has 3 aromatic carbocycles. The zero-order chi connectivity index (χ0) is 18.3. The largest absolute Gasteiger partial charge is 1.00 e. The van der Waals surface area contributed by atoms with Crippen molar-refractivity contribution in [1.29, 1.82) is 0 Å². The minimum atomic E-state index is 0. The molecule has 3 rings (SSSR count). The maximum atomic E-state index is 5.96. The Balaban J connectivity index is 0.00000243. The molecule has 0 aliphatic rings. The van der Waals surface area contributed by atoms with E-state index in [1.54, 1.807) is 0 Å². The zero-order valence-corrected chi connectivity index (χ0v) is 18.0. The maximum absolute atomic E-state index is 5.96. The fourth-order valence-electron chi connectivity index (χ4n) is 4.14. The summed E-state index contributed by atoms with van der Waals surface area (Å²) < 4.78 is 0. The summed E-state index contributed by atoms with van der Waals surface area (Å²) in [5, 5.41) is 0. The van der Waals surface area contributed by atoms with E-state index < -0.39 is 0 Å². The minimum absolute atomic E-state index is 0. The number of rotatable bonds is 2. The Bertz CT molecular complexity index is 848. The number of aryl methyl sites for hydroxylation is 6. The summed E-state index contributed by atoms with van der Waals surface area (Å²) >= 11 is 5.96. The van der Waals surface area contributed by atoms with Crippen LogP contribution in [0.15, 0.2) is 47.4 Å². The summed E-state index contributed by atoms with van der Waals surface area (Å²) in [6, 6.07) is 15.4. The van der Waals surface area contributed by atoms with E-state index in [9.17, 15) is 0 Å². The summed E-state index contributed by atoms with van der Waals surface area (Å²) in [4.78, 5) is 0.951. The molecule has 3 aromatic rings. The molecule has 138 valence electrons. The van der Waals surface area contributed by atoms with Crippen LogP contribution in [0.25, 0.3) is 22.3 Å². The molecule has 0 aliphatic carbocycles.